The zero-order chi connectivity index (χ0) is 16.1. The second-order valence-electron chi connectivity index (χ2n) is 4.77. The minimum atomic E-state index is 0.489. The lowest BCUT2D eigenvalue weighted by Crippen LogP contribution is -1.90. The SMILES string of the molecule is Cc1csc(/C(C#N)=C/Nc2nnc(Cc3ccccc3)s2)n1. The predicted octanol–water partition coefficient (Wildman–Crippen LogP) is 3.87. The summed E-state index contributed by atoms with van der Waals surface area (Å²) < 4.78 is 0. The lowest BCUT2D eigenvalue weighted by Gasteiger charge is -1.96. The van der Waals surface area contributed by atoms with Crippen LogP contribution < -0.4 is 5.32 Å². The van der Waals surface area contributed by atoms with E-state index in [2.05, 4.69) is 38.7 Å². The van der Waals surface area contributed by atoms with Gasteiger partial charge in [-0.25, -0.2) is 4.98 Å². The lowest BCUT2D eigenvalue weighted by atomic mass is 10.2. The molecule has 1 aromatic carbocycles. The van der Waals surface area contributed by atoms with E-state index in [9.17, 15) is 5.26 Å². The summed E-state index contributed by atoms with van der Waals surface area (Å²) in [4.78, 5) is 4.31. The number of anilines is 1. The molecule has 0 unspecified atom stereocenters. The maximum absolute atomic E-state index is 9.24. The van der Waals surface area contributed by atoms with Crippen molar-refractivity contribution in [2.24, 2.45) is 0 Å². The number of nitriles is 1. The number of allylic oxidation sites excluding steroid dienone is 1. The third-order valence-corrected chi connectivity index (χ3v) is 4.82. The number of aromatic nitrogens is 3. The maximum Gasteiger partial charge on any atom is 0.209 e. The summed E-state index contributed by atoms with van der Waals surface area (Å²) in [5.74, 6) is 0. The second kappa shape index (κ2) is 7.13. The van der Waals surface area contributed by atoms with Crippen LogP contribution in [0, 0.1) is 18.3 Å². The average Bonchev–Trinajstić information content (AvgIpc) is 3.19. The fraction of sp³-hybridized carbons (Fsp3) is 0.125. The Hall–Kier alpha value is -2.56. The molecule has 0 atom stereocenters. The molecule has 0 aliphatic rings. The Kier molecular flexibility index (Phi) is 4.76. The van der Waals surface area contributed by atoms with Gasteiger partial charge in [-0.3, -0.25) is 0 Å². The van der Waals surface area contributed by atoms with Crippen molar-refractivity contribution < 1.29 is 0 Å². The van der Waals surface area contributed by atoms with Gasteiger partial charge in [-0.1, -0.05) is 41.7 Å². The Bertz CT molecular complexity index is 858. The zero-order valence-corrected chi connectivity index (χ0v) is 14.0. The Morgan fingerprint density at radius 3 is 2.83 bits per heavy atom. The lowest BCUT2D eigenvalue weighted by molar-refractivity contribution is 1.01. The van der Waals surface area contributed by atoms with Crippen molar-refractivity contribution in [2.45, 2.75) is 13.3 Å². The van der Waals surface area contributed by atoms with Gasteiger partial charge in [0, 0.05) is 23.7 Å². The Balaban J connectivity index is 1.69. The molecule has 0 radical (unpaired) electrons. The molecule has 0 saturated heterocycles. The summed E-state index contributed by atoms with van der Waals surface area (Å²) in [5, 5.41) is 24.8. The molecule has 2 aromatic heterocycles. The first-order valence-electron chi connectivity index (χ1n) is 6.90. The van der Waals surface area contributed by atoms with E-state index in [4.69, 9.17) is 0 Å². The van der Waals surface area contributed by atoms with Gasteiger partial charge in [-0.15, -0.1) is 21.5 Å². The molecule has 0 saturated carbocycles. The summed E-state index contributed by atoms with van der Waals surface area (Å²) in [7, 11) is 0. The topological polar surface area (TPSA) is 74.5 Å². The Morgan fingerprint density at radius 1 is 1.30 bits per heavy atom. The summed E-state index contributed by atoms with van der Waals surface area (Å²) in [6.07, 6.45) is 2.38. The van der Waals surface area contributed by atoms with Gasteiger partial charge in [-0.05, 0) is 12.5 Å². The van der Waals surface area contributed by atoms with Crippen LogP contribution in [0.25, 0.3) is 5.57 Å². The van der Waals surface area contributed by atoms with E-state index in [0.29, 0.717) is 15.7 Å². The summed E-state index contributed by atoms with van der Waals surface area (Å²) in [6, 6.07) is 12.3. The zero-order valence-electron chi connectivity index (χ0n) is 12.4. The minimum absolute atomic E-state index is 0.489. The number of thiazole rings is 1. The second-order valence-corrected chi connectivity index (χ2v) is 6.69. The van der Waals surface area contributed by atoms with Crippen molar-refractivity contribution in [3.05, 3.63) is 63.2 Å². The van der Waals surface area contributed by atoms with Crippen LogP contribution in [-0.4, -0.2) is 15.2 Å². The van der Waals surface area contributed by atoms with Crippen molar-refractivity contribution in [2.75, 3.05) is 5.32 Å². The van der Waals surface area contributed by atoms with Crippen LogP contribution in [0.3, 0.4) is 0 Å². The molecular formula is C16H13N5S2. The average molecular weight is 339 g/mol. The van der Waals surface area contributed by atoms with E-state index in [1.54, 1.807) is 6.20 Å². The molecule has 0 aliphatic heterocycles. The fourth-order valence-corrected chi connectivity index (χ4v) is 3.41. The van der Waals surface area contributed by atoms with E-state index >= 15 is 0 Å². The summed E-state index contributed by atoms with van der Waals surface area (Å²) in [5.41, 5.74) is 2.59. The summed E-state index contributed by atoms with van der Waals surface area (Å²) >= 11 is 2.93. The largest absolute Gasteiger partial charge is 0.335 e. The van der Waals surface area contributed by atoms with E-state index in [-0.39, 0.29) is 0 Å². The highest BCUT2D eigenvalue weighted by Gasteiger charge is 2.07. The van der Waals surface area contributed by atoms with Crippen LogP contribution in [0.4, 0.5) is 5.13 Å². The third kappa shape index (κ3) is 4.00. The molecule has 1 N–H and O–H groups in total. The highest BCUT2D eigenvalue weighted by molar-refractivity contribution is 7.15. The van der Waals surface area contributed by atoms with Crippen molar-refractivity contribution in [3.8, 4) is 6.07 Å². The first-order valence-corrected chi connectivity index (χ1v) is 8.60. The number of rotatable bonds is 5. The molecule has 5 nitrogen and oxygen atoms in total. The van der Waals surface area contributed by atoms with Gasteiger partial charge in [0.1, 0.15) is 21.7 Å². The number of nitrogens with one attached hydrogen (secondary N) is 1. The molecule has 0 amide bonds. The van der Waals surface area contributed by atoms with Gasteiger partial charge in [0.05, 0.1) is 0 Å². The van der Waals surface area contributed by atoms with E-state index < -0.39 is 0 Å². The monoisotopic (exact) mass is 339 g/mol. The molecule has 0 fully saturated rings. The van der Waals surface area contributed by atoms with Gasteiger partial charge in [0.2, 0.25) is 5.13 Å². The van der Waals surface area contributed by atoms with Crippen molar-refractivity contribution in [1.82, 2.24) is 15.2 Å². The first-order chi connectivity index (χ1) is 11.2. The quantitative estimate of drug-likeness (QED) is 0.714. The number of benzene rings is 1. The molecule has 3 rings (SSSR count). The standard InChI is InChI=1S/C16H13N5S2/c1-11-10-22-15(19-11)13(8-17)9-18-16-21-20-14(23-16)7-12-5-3-2-4-6-12/h2-6,9-10H,7H2,1H3,(H,18,21)/b13-9+. The van der Waals surface area contributed by atoms with Crippen LogP contribution in [0.1, 0.15) is 21.3 Å². The molecule has 0 spiro atoms. The van der Waals surface area contributed by atoms with E-state index in [0.717, 1.165) is 17.1 Å². The van der Waals surface area contributed by atoms with Gasteiger partial charge in [-0.2, -0.15) is 5.26 Å². The first kappa shape index (κ1) is 15.3. The molecule has 114 valence electrons. The Labute approximate surface area is 142 Å². The number of aryl methyl sites for hydroxylation is 1. The molecule has 7 heteroatoms. The van der Waals surface area contributed by atoms with Gasteiger partial charge >= 0.3 is 0 Å². The maximum atomic E-state index is 9.24. The molecule has 23 heavy (non-hydrogen) atoms. The summed E-state index contributed by atoms with van der Waals surface area (Å²) in [6.45, 7) is 1.91. The van der Waals surface area contributed by atoms with Crippen LogP contribution in [0.2, 0.25) is 0 Å². The van der Waals surface area contributed by atoms with E-state index in [1.807, 2.05) is 30.5 Å². The van der Waals surface area contributed by atoms with Crippen LogP contribution in [0.15, 0.2) is 41.9 Å². The molecule has 0 bridgehead atoms. The number of hydrogen-bond acceptors (Lipinski definition) is 7. The van der Waals surface area contributed by atoms with Crippen LogP contribution in [0.5, 0.6) is 0 Å². The molecule has 3 aromatic rings. The van der Waals surface area contributed by atoms with Crippen LogP contribution >= 0.6 is 22.7 Å². The van der Waals surface area contributed by atoms with Gasteiger partial charge < -0.3 is 5.32 Å². The predicted molar refractivity (Wildman–Crippen MR) is 93.2 cm³/mol. The van der Waals surface area contributed by atoms with Crippen molar-refractivity contribution in [1.29, 1.82) is 5.26 Å². The van der Waals surface area contributed by atoms with Gasteiger partial charge in [0.25, 0.3) is 0 Å². The highest BCUT2D eigenvalue weighted by atomic mass is 32.1. The molecule has 0 aliphatic carbocycles. The fourth-order valence-electron chi connectivity index (χ4n) is 1.91. The normalized spacial score (nSPS) is 11.2. The highest BCUT2D eigenvalue weighted by Crippen LogP contribution is 2.21. The number of hydrogen-bond donors (Lipinski definition) is 1. The minimum Gasteiger partial charge on any atom is -0.335 e. The molecule has 2 heterocycles. The Morgan fingerprint density at radius 2 is 2.13 bits per heavy atom. The number of nitrogens with zero attached hydrogens (tertiary/aromatic N) is 4. The van der Waals surface area contributed by atoms with Crippen LogP contribution in [-0.2, 0) is 6.42 Å². The third-order valence-electron chi connectivity index (χ3n) is 2.97. The van der Waals surface area contributed by atoms with Crippen molar-refractivity contribution in [3.63, 3.8) is 0 Å². The van der Waals surface area contributed by atoms with Gasteiger partial charge in [0.15, 0.2) is 0 Å². The van der Waals surface area contributed by atoms with Crippen molar-refractivity contribution >= 4 is 33.4 Å². The molecular weight excluding hydrogens is 326 g/mol. The smallest absolute Gasteiger partial charge is 0.209 e. The van der Waals surface area contributed by atoms with E-state index in [1.165, 1.54) is 28.2 Å².